The van der Waals surface area contributed by atoms with Crippen molar-refractivity contribution in [3.05, 3.63) is 47.3 Å². The van der Waals surface area contributed by atoms with Gasteiger partial charge in [0.15, 0.2) is 0 Å². The van der Waals surface area contributed by atoms with E-state index in [4.69, 9.17) is 0 Å². The second-order valence-electron chi connectivity index (χ2n) is 3.89. The van der Waals surface area contributed by atoms with Gasteiger partial charge in [0, 0.05) is 6.21 Å². The maximum Gasteiger partial charge on any atom is 0.149 e. The third kappa shape index (κ3) is 3.38. The van der Waals surface area contributed by atoms with E-state index in [1.54, 1.807) is 13.1 Å². The SMILES string of the molecule is CC=Nc1c(C)cc(/C(C)=C/C=C\C)cc1F. The number of aryl methyl sites for hydroxylation is 1. The van der Waals surface area contributed by atoms with E-state index in [2.05, 4.69) is 4.99 Å². The minimum absolute atomic E-state index is 0.272. The van der Waals surface area contributed by atoms with Gasteiger partial charge in [0.25, 0.3) is 0 Å². The number of halogens is 1. The van der Waals surface area contributed by atoms with E-state index in [0.717, 1.165) is 16.7 Å². The average Bonchev–Trinajstić information content (AvgIpc) is 2.30. The summed E-state index contributed by atoms with van der Waals surface area (Å²) in [5.74, 6) is -0.272. The fourth-order valence-corrected chi connectivity index (χ4v) is 1.59. The summed E-state index contributed by atoms with van der Waals surface area (Å²) in [5.41, 5.74) is 3.21. The maximum absolute atomic E-state index is 13.8. The maximum atomic E-state index is 13.8. The first-order valence-electron chi connectivity index (χ1n) is 5.69. The first-order valence-corrected chi connectivity index (χ1v) is 5.69. The number of allylic oxidation sites excluding steroid dienone is 4. The van der Waals surface area contributed by atoms with Crippen LogP contribution < -0.4 is 0 Å². The van der Waals surface area contributed by atoms with Gasteiger partial charge in [-0.1, -0.05) is 18.2 Å². The van der Waals surface area contributed by atoms with Crippen molar-refractivity contribution in [2.24, 2.45) is 4.99 Å². The van der Waals surface area contributed by atoms with Gasteiger partial charge in [-0.05, 0) is 56.5 Å². The highest BCUT2D eigenvalue weighted by Crippen LogP contribution is 2.27. The van der Waals surface area contributed by atoms with Crippen LogP contribution in [0.2, 0.25) is 0 Å². The average molecular weight is 231 g/mol. The summed E-state index contributed by atoms with van der Waals surface area (Å²) in [4.78, 5) is 4.03. The fourth-order valence-electron chi connectivity index (χ4n) is 1.59. The third-order valence-electron chi connectivity index (χ3n) is 2.51. The molecule has 0 unspecified atom stereocenters. The van der Waals surface area contributed by atoms with Crippen LogP contribution in [0.4, 0.5) is 10.1 Å². The smallest absolute Gasteiger partial charge is 0.149 e. The van der Waals surface area contributed by atoms with E-state index in [0.29, 0.717) is 5.69 Å². The van der Waals surface area contributed by atoms with E-state index in [-0.39, 0.29) is 5.82 Å². The molecule has 90 valence electrons. The van der Waals surface area contributed by atoms with E-state index < -0.39 is 0 Å². The van der Waals surface area contributed by atoms with Crippen molar-refractivity contribution < 1.29 is 4.39 Å². The molecule has 0 saturated heterocycles. The Kier molecular flexibility index (Phi) is 4.83. The van der Waals surface area contributed by atoms with Crippen LogP contribution in [0.5, 0.6) is 0 Å². The Hall–Kier alpha value is -1.70. The zero-order valence-electron chi connectivity index (χ0n) is 10.8. The molecular weight excluding hydrogens is 213 g/mol. The molecule has 0 bridgehead atoms. The standard InChI is InChI=1S/C15H18FN/c1-5-7-8-11(3)13-9-12(4)15(17-6-2)14(16)10-13/h5-10H,1-4H3/b7-5-,11-8+,17-6?. The Bertz CT molecular complexity index is 459. The number of hydrogen-bond acceptors (Lipinski definition) is 1. The highest BCUT2D eigenvalue weighted by molar-refractivity contribution is 5.70. The Labute approximate surface area is 102 Å². The van der Waals surface area contributed by atoms with Crippen LogP contribution in [0.3, 0.4) is 0 Å². The number of hydrogen-bond donors (Lipinski definition) is 0. The van der Waals surface area contributed by atoms with Crippen LogP contribution in [-0.4, -0.2) is 6.21 Å². The molecule has 0 N–H and O–H groups in total. The summed E-state index contributed by atoms with van der Waals surface area (Å²) in [5, 5.41) is 0. The lowest BCUT2D eigenvalue weighted by Crippen LogP contribution is -1.87. The van der Waals surface area contributed by atoms with E-state index in [1.807, 2.05) is 45.1 Å². The molecule has 0 saturated carbocycles. The van der Waals surface area contributed by atoms with Gasteiger partial charge in [-0.2, -0.15) is 0 Å². The Balaban J connectivity index is 3.23. The van der Waals surface area contributed by atoms with Crippen LogP contribution in [0.15, 0.2) is 35.4 Å². The van der Waals surface area contributed by atoms with Crippen LogP contribution in [0.1, 0.15) is 31.9 Å². The second-order valence-corrected chi connectivity index (χ2v) is 3.89. The first kappa shape index (κ1) is 13.4. The summed E-state index contributed by atoms with van der Waals surface area (Å²) in [6.45, 7) is 7.58. The van der Waals surface area contributed by atoms with E-state index in [9.17, 15) is 4.39 Å². The quantitative estimate of drug-likeness (QED) is 0.521. The molecule has 1 rings (SSSR count). The first-order chi connectivity index (χ1) is 8.10. The monoisotopic (exact) mass is 231 g/mol. The van der Waals surface area contributed by atoms with Gasteiger partial charge >= 0.3 is 0 Å². The second kappa shape index (κ2) is 6.14. The van der Waals surface area contributed by atoms with Crippen molar-refractivity contribution in [1.82, 2.24) is 0 Å². The highest BCUT2D eigenvalue weighted by Gasteiger charge is 2.07. The number of rotatable bonds is 3. The molecule has 0 radical (unpaired) electrons. The summed E-state index contributed by atoms with van der Waals surface area (Å²) in [6, 6.07) is 3.49. The fraction of sp³-hybridized carbons (Fsp3) is 0.267. The molecule has 0 aliphatic carbocycles. The van der Waals surface area contributed by atoms with Gasteiger partial charge in [0.1, 0.15) is 11.5 Å². The van der Waals surface area contributed by atoms with Crippen molar-refractivity contribution >= 4 is 17.5 Å². The summed E-state index contributed by atoms with van der Waals surface area (Å²) in [7, 11) is 0. The molecule has 17 heavy (non-hydrogen) atoms. The largest absolute Gasteiger partial charge is 0.258 e. The molecule has 0 fully saturated rings. The molecule has 0 spiro atoms. The lowest BCUT2D eigenvalue weighted by molar-refractivity contribution is 0.628. The van der Waals surface area contributed by atoms with Gasteiger partial charge in [-0.25, -0.2) is 4.39 Å². The van der Waals surface area contributed by atoms with E-state index >= 15 is 0 Å². The molecule has 1 aromatic rings. The molecular formula is C15H18FN. The molecule has 0 heterocycles. The predicted molar refractivity (Wildman–Crippen MR) is 73.4 cm³/mol. The zero-order chi connectivity index (χ0) is 12.8. The van der Waals surface area contributed by atoms with Gasteiger partial charge < -0.3 is 0 Å². The zero-order valence-corrected chi connectivity index (χ0v) is 10.8. The normalized spacial score (nSPS) is 12.9. The molecule has 1 nitrogen and oxygen atoms in total. The van der Waals surface area contributed by atoms with Crippen LogP contribution in [0, 0.1) is 12.7 Å². The minimum atomic E-state index is -0.272. The summed E-state index contributed by atoms with van der Waals surface area (Å²) in [6.07, 6.45) is 7.47. The number of nitrogens with zero attached hydrogens (tertiary/aromatic N) is 1. The molecule has 1 aromatic carbocycles. The third-order valence-corrected chi connectivity index (χ3v) is 2.51. The summed E-state index contributed by atoms with van der Waals surface area (Å²) < 4.78 is 13.8. The Morgan fingerprint density at radius 2 is 2.00 bits per heavy atom. The van der Waals surface area contributed by atoms with Crippen LogP contribution in [-0.2, 0) is 0 Å². The molecule has 0 amide bonds. The lowest BCUT2D eigenvalue weighted by Gasteiger charge is -2.07. The van der Waals surface area contributed by atoms with Crippen LogP contribution >= 0.6 is 0 Å². The van der Waals surface area contributed by atoms with Crippen molar-refractivity contribution in [1.29, 1.82) is 0 Å². The van der Waals surface area contributed by atoms with Gasteiger partial charge in [0.05, 0.1) is 0 Å². The Morgan fingerprint density at radius 1 is 1.29 bits per heavy atom. The van der Waals surface area contributed by atoms with Crippen molar-refractivity contribution in [3.63, 3.8) is 0 Å². The van der Waals surface area contributed by atoms with Gasteiger partial charge in [-0.15, -0.1) is 0 Å². The van der Waals surface area contributed by atoms with E-state index in [1.165, 1.54) is 6.07 Å². The number of benzene rings is 1. The van der Waals surface area contributed by atoms with Crippen molar-refractivity contribution in [2.75, 3.05) is 0 Å². The summed E-state index contributed by atoms with van der Waals surface area (Å²) >= 11 is 0. The van der Waals surface area contributed by atoms with Gasteiger partial charge in [0.2, 0.25) is 0 Å². The lowest BCUT2D eigenvalue weighted by atomic mass is 10.0. The van der Waals surface area contributed by atoms with Crippen molar-refractivity contribution in [3.8, 4) is 0 Å². The topological polar surface area (TPSA) is 12.4 Å². The van der Waals surface area contributed by atoms with Gasteiger partial charge in [-0.3, -0.25) is 4.99 Å². The molecule has 0 atom stereocenters. The molecule has 0 aromatic heterocycles. The molecule has 0 aliphatic rings. The Morgan fingerprint density at radius 3 is 2.53 bits per heavy atom. The molecule has 2 heteroatoms. The minimum Gasteiger partial charge on any atom is -0.258 e. The van der Waals surface area contributed by atoms with Crippen molar-refractivity contribution in [2.45, 2.75) is 27.7 Å². The van der Waals surface area contributed by atoms with Crippen LogP contribution in [0.25, 0.3) is 5.57 Å². The predicted octanol–water partition coefficient (Wildman–Crippen LogP) is 4.84. The number of aliphatic imine (C=N–C) groups is 1. The highest BCUT2D eigenvalue weighted by atomic mass is 19.1. The molecule has 0 aliphatic heterocycles.